The molecule has 1 heterocycles. The van der Waals surface area contributed by atoms with Crippen molar-refractivity contribution in [3.63, 3.8) is 0 Å². The molecule has 0 fully saturated rings. The maximum Gasteiger partial charge on any atom is 0.0554 e. The van der Waals surface area contributed by atoms with Crippen molar-refractivity contribution in [2.24, 2.45) is 11.5 Å². The summed E-state index contributed by atoms with van der Waals surface area (Å²) >= 11 is 0. The van der Waals surface area contributed by atoms with Gasteiger partial charge in [-0.15, -0.1) is 0 Å². The highest BCUT2D eigenvalue weighted by Crippen LogP contribution is 2.44. The molecular weight excluding hydrogens is 619 g/mol. The summed E-state index contributed by atoms with van der Waals surface area (Å²) in [6.45, 7) is 4.10. The van der Waals surface area contributed by atoms with Crippen LogP contribution in [0.1, 0.15) is 18.2 Å². The van der Waals surface area contributed by atoms with Gasteiger partial charge in [0.05, 0.1) is 16.9 Å². The van der Waals surface area contributed by atoms with Crippen LogP contribution >= 0.6 is 0 Å². The third-order valence-electron chi connectivity index (χ3n) is 9.87. The number of fused-ring (bicyclic) bond motifs is 3. The average Bonchev–Trinajstić information content (AvgIpc) is 3.46. The van der Waals surface area contributed by atoms with E-state index in [-0.39, 0.29) is 0 Å². The molecule has 0 amide bonds. The molecule has 7 aromatic carbocycles. The zero-order valence-electron chi connectivity index (χ0n) is 28.8. The molecule has 8 aromatic rings. The van der Waals surface area contributed by atoms with E-state index < -0.39 is 0 Å². The Morgan fingerprint density at radius 1 is 0.510 bits per heavy atom. The number of rotatable bonds is 7. The van der Waals surface area contributed by atoms with Crippen molar-refractivity contribution in [3.05, 3.63) is 193 Å². The summed E-state index contributed by atoms with van der Waals surface area (Å²) in [5, 5.41) is 6.13. The Balaban J connectivity index is 1.27. The zero-order chi connectivity index (χ0) is 34.9. The van der Waals surface area contributed by atoms with Crippen LogP contribution in [0.15, 0.2) is 181 Å². The van der Waals surface area contributed by atoms with Gasteiger partial charge in [0.1, 0.15) is 0 Å². The van der Waals surface area contributed by atoms with Gasteiger partial charge in [-0.2, -0.15) is 0 Å². The van der Waals surface area contributed by atoms with Crippen molar-refractivity contribution in [2.45, 2.75) is 13.8 Å². The molecule has 3 heteroatoms. The first-order valence-electron chi connectivity index (χ1n) is 17.4. The lowest BCUT2D eigenvalue weighted by Crippen LogP contribution is -2.08. The highest BCUT2D eigenvalue weighted by Gasteiger charge is 2.18. The summed E-state index contributed by atoms with van der Waals surface area (Å²) in [5.74, 6) is 0. The van der Waals surface area contributed by atoms with Crippen LogP contribution in [0, 0.1) is 6.92 Å². The number of hydrogen-bond donors (Lipinski definition) is 2. The summed E-state index contributed by atoms with van der Waals surface area (Å²) in [5.41, 5.74) is 25.6. The van der Waals surface area contributed by atoms with E-state index in [1.165, 1.54) is 43.8 Å². The average molecular weight is 658 g/mol. The van der Waals surface area contributed by atoms with Gasteiger partial charge >= 0.3 is 0 Å². The Morgan fingerprint density at radius 3 is 1.57 bits per heavy atom. The highest BCUT2D eigenvalue weighted by molar-refractivity contribution is 6.21. The van der Waals surface area contributed by atoms with Gasteiger partial charge in [-0.3, -0.25) is 0 Å². The van der Waals surface area contributed by atoms with Crippen LogP contribution < -0.4 is 11.5 Å². The molecule has 0 spiro atoms. The van der Waals surface area contributed by atoms with Crippen LogP contribution in [-0.4, -0.2) is 4.57 Å². The molecule has 0 aliphatic rings. The lowest BCUT2D eigenvalue weighted by molar-refractivity contribution is 1.05. The fourth-order valence-corrected chi connectivity index (χ4v) is 7.43. The van der Waals surface area contributed by atoms with E-state index in [2.05, 4.69) is 157 Å². The molecule has 0 aliphatic heterocycles. The number of aromatic nitrogens is 1. The molecule has 0 saturated carbocycles. The molecule has 0 saturated heterocycles. The normalized spacial score (nSPS) is 12.4. The predicted octanol–water partition coefficient (Wildman–Crippen LogP) is 12.0. The number of para-hydroxylation sites is 1. The second kappa shape index (κ2) is 13.4. The van der Waals surface area contributed by atoms with Gasteiger partial charge in [0.25, 0.3) is 0 Å². The molecule has 0 unspecified atom stereocenters. The second-order valence-electron chi connectivity index (χ2n) is 12.9. The van der Waals surface area contributed by atoms with Crippen LogP contribution in [0.2, 0.25) is 0 Å². The molecule has 0 bridgehead atoms. The van der Waals surface area contributed by atoms with E-state index in [1.54, 1.807) is 0 Å². The van der Waals surface area contributed by atoms with E-state index in [0.717, 1.165) is 39.0 Å². The third kappa shape index (κ3) is 5.69. The second-order valence-corrected chi connectivity index (χ2v) is 12.9. The van der Waals surface area contributed by atoms with Crippen LogP contribution in [0.3, 0.4) is 0 Å². The number of benzene rings is 7. The number of nitrogens with two attached hydrogens (primary N) is 2. The first kappa shape index (κ1) is 31.7. The zero-order valence-corrected chi connectivity index (χ0v) is 28.8. The summed E-state index contributed by atoms with van der Waals surface area (Å²) in [6.07, 6.45) is 7.69. The molecule has 8 rings (SSSR count). The molecule has 3 nitrogen and oxygen atoms in total. The smallest absolute Gasteiger partial charge is 0.0554 e. The summed E-state index contributed by atoms with van der Waals surface area (Å²) < 4.78 is 2.29. The van der Waals surface area contributed by atoms with Crippen LogP contribution in [0.5, 0.6) is 0 Å². The van der Waals surface area contributed by atoms with Gasteiger partial charge in [0, 0.05) is 22.3 Å². The molecule has 0 aliphatic carbocycles. The number of allylic oxidation sites excluding steroid dienone is 3. The summed E-state index contributed by atoms with van der Waals surface area (Å²) in [7, 11) is 0. The Kier molecular flexibility index (Phi) is 8.31. The van der Waals surface area contributed by atoms with Crippen molar-refractivity contribution >= 4 is 38.5 Å². The Hall–Kier alpha value is -6.58. The number of nitrogens with zero attached hydrogens (tertiary/aromatic N) is 1. The van der Waals surface area contributed by atoms with Gasteiger partial charge in [-0.05, 0) is 105 Å². The van der Waals surface area contributed by atoms with Gasteiger partial charge < -0.3 is 16.0 Å². The predicted molar refractivity (Wildman–Crippen MR) is 219 cm³/mol. The van der Waals surface area contributed by atoms with Crippen molar-refractivity contribution in [1.82, 2.24) is 4.57 Å². The molecule has 51 heavy (non-hydrogen) atoms. The van der Waals surface area contributed by atoms with Gasteiger partial charge in [0.2, 0.25) is 0 Å². The van der Waals surface area contributed by atoms with E-state index in [4.69, 9.17) is 11.5 Å². The molecule has 246 valence electrons. The molecule has 1 aromatic heterocycles. The lowest BCUT2D eigenvalue weighted by Gasteiger charge is -2.18. The van der Waals surface area contributed by atoms with Crippen molar-refractivity contribution in [2.75, 3.05) is 0 Å². The fourth-order valence-electron chi connectivity index (χ4n) is 7.43. The molecule has 0 atom stereocenters. The Morgan fingerprint density at radius 2 is 1.00 bits per heavy atom. The van der Waals surface area contributed by atoms with Crippen molar-refractivity contribution < 1.29 is 0 Å². The quantitative estimate of drug-likeness (QED) is 0.132. The minimum atomic E-state index is 0.538. The minimum absolute atomic E-state index is 0.538. The Labute approximate surface area is 299 Å². The molecule has 0 radical (unpaired) electrons. The van der Waals surface area contributed by atoms with Crippen molar-refractivity contribution in [1.29, 1.82) is 0 Å². The first-order chi connectivity index (χ1) is 25.0. The van der Waals surface area contributed by atoms with E-state index in [1.807, 2.05) is 37.3 Å². The number of hydrogen-bond acceptors (Lipinski definition) is 2. The minimum Gasteiger partial charge on any atom is -0.397 e. The van der Waals surface area contributed by atoms with E-state index in [0.29, 0.717) is 11.4 Å². The maximum atomic E-state index is 6.56. The van der Waals surface area contributed by atoms with Crippen LogP contribution in [0.25, 0.3) is 77.6 Å². The molecular formula is C48H39N3. The third-order valence-corrected chi connectivity index (χ3v) is 9.87. The van der Waals surface area contributed by atoms with E-state index >= 15 is 0 Å². The topological polar surface area (TPSA) is 57.0 Å². The standard InChI is InChI=1S/C48H39N3/c1-3-4-23-44(49)45(50)31-42-32(2)51(37-17-9-6-10-18-37)46-29-28-36(30-43(42)46)33-24-26-35(27-25-33)48-40-21-13-11-19-38(40)47(34-15-7-5-8-16-34)39-20-12-14-22-41(39)48/h3-31H,49-50H2,1-2H3/b4-3-,44-23-,45-31-. The van der Waals surface area contributed by atoms with Crippen molar-refractivity contribution in [3.8, 4) is 39.1 Å². The summed E-state index contributed by atoms with van der Waals surface area (Å²) in [6, 6.07) is 54.5. The largest absolute Gasteiger partial charge is 0.397 e. The fraction of sp³-hybridized carbons (Fsp3) is 0.0417. The van der Waals surface area contributed by atoms with Crippen LogP contribution in [-0.2, 0) is 0 Å². The summed E-state index contributed by atoms with van der Waals surface area (Å²) in [4.78, 5) is 0. The highest BCUT2D eigenvalue weighted by atomic mass is 15.0. The van der Waals surface area contributed by atoms with Gasteiger partial charge in [-0.1, -0.05) is 140 Å². The molecule has 4 N–H and O–H groups in total. The first-order valence-corrected chi connectivity index (χ1v) is 17.4. The maximum absolute atomic E-state index is 6.56. The van der Waals surface area contributed by atoms with Crippen LogP contribution in [0.4, 0.5) is 0 Å². The lowest BCUT2D eigenvalue weighted by atomic mass is 9.86. The van der Waals surface area contributed by atoms with Gasteiger partial charge in [-0.25, -0.2) is 0 Å². The van der Waals surface area contributed by atoms with E-state index in [9.17, 15) is 0 Å². The monoisotopic (exact) mass is 657 g/mol. The Bertz CT molecular complexity index is 2580. The SMILES string of the molecule is C\C=C/C=C(N)/C(N)=C/c1c(C)n(-c2ccccc2)c2ccc(-c3ccc(-c4c5ccccc5c(-c5ccccc5)c5ccccc45)cc3)cc12. The van der Waals surface area contributed by atoms with Gasteiger partial charge in [0.15, 0.2) is 0 Å².